The SMILES string of the molecule is NCC(=[Se])Cc1ccccc1F. The van der Waals surface area contributed by atoms with E-state index in [4.69, 9.17) is 5.73 Å². The van der Waals surface area contributed by atoms with Crippen molar-refractivity contribution in [2.24, 2.45) is 5.73 Å². The molecule has 64 valence electrons. The summed E-state index contributed by atoms with van der Waals surface area (Å²) in [6.07, 6.45) is 0.586. The van der Waals surface area contributed by atoms with Gasteiger partial charge in [-0.2, -0.15) is 0 Å². The van der Waals surface area contributed by atoms with Crippen LogP contribution < -0.4 is 5.73 Å². The molecule has 1 aromatic carbocycles. The normalized spacial score (nSPS) is 9.83. The number of hydrogen-bond acceptors (Lipinski definition) is 1. The van der Waals surface area contributed by atoms with E-state index in [-0.39, 0.29) is 5.82 Å². The molecule has 0 saturated heterocycles. The summed E-state index contributed by atoms with van der Waals surface area (Å²) in [4.78, 5) is 0. The topological polar surface area (TPSA) is 26.0 Å². The van der Waals surface area contributed by atoms with Gasteiger partial charge < -0.3 is 0 Å². The van der Waals surface area contributed by atoms with Crippen LogP contribution in [0.1, 0.15) is 5.56 Å². The van der Waals surface area contributed by atoms with Gasteiger partial charge in [-0.05, 0) is 0 Å². The van der Waals surface area contributed by atoms with Crippen molar-refractivity contribution < 1.29 is 4.39 Å². The van der Waals surface area contributed by atoms with Gasteiger partial charge in [0.05, 0.1) is 0 Å². The fraction of sp³-hybridized carbons (Fsp3) is 0.222. The summed E-state index contributed by atoms with van der Waals surface area (Å²) in [6, 6.07) is 6.73. The molecular formula is C9H10FNSe. The van der Waals surface area contributed by atoms with Crippen LogP contribution in [0.25, 0.3) is 0 Å². The second-order valence-electron chi connectivity index (χ2n) is 2.51. The Balaban J connectivity index is 2.75. The van der Waals surface area contributed by atoms with Crippen molar-refractivity contribution in [1.82, 2.24) is 0 Å². The predicted octanol–water partition coefficient (Wildman–Crippen LogP) is 0.668. The molecule has 12 heavy (non-hydrogen) atoms. The van der Waals surface area contributed by atoms with Crippen molar-refractivity contribution in [1.29, 1.82) is 0 Å². The van der Waals surface area contributed by atoms with Gasteiger partial charge in [-0.25, -0.2) is 0 Å². The van der Waals surface area contributed by atoms with Crippen LogP contribution in [-0.4, -0.2) is 26.5 Å². The van der Waals surface area contributed by atoms with Gasteiger partial charge >= 0.3 is 78.7 Å². The average molecular weight is 230 g/mol. The summed E-state index contributed by atoms with van der Waals surface area (Å²) in [7, 11) is 0. The van der Waals surface area contributed by atoms with Crippen LogP contribution in [0.3, 0.4) is 0 Å². The summed E-state index contributed by atoms with van der Waals surface area (Å²) in [6.45, 7) is 0.467. The van der Waals surface area contributed by atoms with Gasteiger partial charge in [-0.15, -0.1) is 0 Å². The Morgan fingerprint density at radius 2 is 2.08 bits per heavy atom. The second kappa shape index (κ2) is 4.51. The molecule has 1 nitrogen and oxygen atoms in total. The van der Waals surface area contributed by atoms with Crippen molar-refractivity contribution in [2.75, 3.05) is 6.54 Å². The quantitative estimate of drug-likeness (QED) is 0.759. The standard InChI is InChI=1S/C9H10FNSe/c10-9-4-2-1-3-7(9)5-8(12)6-11/h1-4H,5-6,11H2. The van der Waals surface area contributed by atoms with E-state index < -0.39 is 0 Å². The van der Waals surface area contributed by atoms with Gasteiger partial charge in [0.2, 0.25) is 0 Å². The van der Waals surface area contributed by atoms with Gasteiger partial charge in [0.1, 0.15) is 0 Å². The zero-order valence-corrected chi connectivity index (χ0v) is 8.30. The van der Waals surface area contributed by atoms with Crippen molar-refractivity contribution in [3.05, 3.63) is 35.6 Å². The molecule has 1 rings (SSSR count). The fourth-order valence-electron chi connectivity index (χ4n) is 0.926. The van der Waals surface area contributed by atoms with E-state index in [0.29, 0.717) is 18.5 Å². The molecule has 3 heteroatoms. The number of hydrogen-bond donors (Lipinski definition) is 1. The van der Waals surface area contributed by atoms with E-state index in [0.717, 1.165) is 4.42 Å². The van der Waals surface area contributed by atoms with E-state index in [1.54, 1.807) is 12.1 Å². The molecule has 0 fully saturated rings. The maximum absolute atomic E-state index is 13.0. The Morgan fingerprint density at radius 3 is 2.67 bits per heavy atom. The molecule has 0 aliphatic rings. The average Bonchev–Trinajstić information content (AvgIpc) is 2.09. The molecule has 0 unspecified atom stereocenters. The van der Waals surface area contributed by atoms with E-state index in [1.165, 1.54) is 6.07 Å². The fourth-order valence-corrected chi connectivity index (χ4v) is 1.25. The number of halogens is 1. The van der Waals surface area contributed by atoms with Crippen LogP contribution in [-0.2, 0) is 6.42 Å². The minimum absolute atomic E-state index is 0.168. The van der Waals surface area contributed by atoms with Gasteiger partial charge in [-0.1, -0.05) is 0 Å². The summed E-state index contributed by atoms with van der Waals surface area (Å²) in [5, 5.41) is 0. The van der Waals surface area contributed by atoms with Crippen LogP contribution in [0.5, 0.6) is 0 Å². The first-order chi connectivity index (χ1) is 5.74. The molecule has 0 amide bonds. The third kappa shape index (κ3) is 2.52. The molecule has 0 radical (unpaired) electrons. The van der Waals surface area contributed by atoms with E-state index in [1.807, 2.05) is 6.07 Å². The van der Waals surface area contributed by atoms with Crippen LogP contribution in [0.15, 0.2) is 24.3 Å². The van der Waals surface area contributed by atoms with Crippen LogP contribution in [0.2, 0.25) is 0 Å². The monoisotopic (exact) mass is 231 g/mol. The van der Waals surface area contributed by atoms with Crippen molar-refractivity contribution in [2.45, 2.75) is 6.42 Å². The zero-order chi connectivity index (χ0) is 8.97. The van der Waals surface area contributed by atoms with Gasteiger partial charge in [-0.3, -0.25) is 0 Å². The molecule has 0 bridgehead atoms. The Bertz CT molecular complexity index is 286. The zero-order valence-electron chi connectivity index (χ0n) is 6.59. The molecule has 0 aliphatic carbocycles. The van der Waals surface area contributed by atoms with E-state index in [9.17, 15) is 4.39 Å². The predicted molar refractivity (Wildman–Crippen MR) is 49.9 cm³/mol. The summed E-state index contributed by atoms with van der Waals surface area (Å²) in [5.41, 5.74) is 6.07. The van der Waals surface area contributed by atoms with E-state index in [2.05, 4.69) is 15.6 Å². The minimum atomic E-state index is -0.168. The number of nitrogens with two attached hydrogens (primary N) is 1. The summed E-state index contributed by atoms with van der Waals surface area (Å²) < 4.78 is 14.0. The maximum atomic E-state index is 13.0. The Labute approximate surface area is 79.1 Å². The van der Waals surface area contributed by atoms with Gasteiger partial charge in [0.15, 0.2) is 0 Å². The van der Waals surface area contributed by atoms with E-state index >= 15 is 0 Å². The number of benzene rings is 1. The molecule has 1 aromatic rings. The van der Waals surface area contributed by atoms with Crippen LogP contribution >= 0.6 is 0 Å². The van der Waals surface area contributed by atoms with Crippen molar-refractivity contribution in [3.8, 4) is 0 Å². The number of rotatable bonds is 3. The molecule has 0 aliphatic heterocycles. The molecule has 0 saturated carbocycles. The van der Waals surface area contributed by atoms with Crippen molar-refractivity contribution >= 4 is 20.0 Å². The van der Waals surface area contributed by atoms with Crippen molar-refractivity contribution in [3.63, 3.8) is 0 Å². The van der Waals surface area contributed by atoms with Crippen LogP contribution in [0.4, 0.5) is 4.39 Å². The second-order valence-corrected chi connectivity index (χ2v) is 3.72. The third-order valence-corrected chi connectivity index (χ3v) is 2.23. The summed E-state index contributed by atoms with van der Waals surface area (Å²) in [5.74, 6) is -0.168. The molecule has 0 heterocycles. The molecule has 2 N–H and O–H groups in total. The Kier molecular flexibility index (Phi) is 3.60. The first-order valence-corrected chi connectivity index (χ1v) is 4.55. The Hall–Kier alpha value is -0.501. The van der Waals surface area contributed by atoms with Crippen LogP contribution in [0, 0.1) is 5.82 Å². The molecule has 0 aromatic heterocycles. The van der Waals surface area contributed by atoms with Gasteiger partial charge in [0.25, 0.3) is 0 Å². The molecule has 0 atom stereocenters. The van der Waals surface area contributed by atoms with Gasteiger partial charge in [0, 0.05) is 0 Å². The Morgan fingerprint density at radius 1 is 1.42 bits per heavy atom. The summed E-state index contributed by atoms with van der Waals surface area (Å²) >= 11 is 2.83. The first kappa shape index (κ1) is 9.59. The third-order valence-electron chi connectivity index (χ3n) is 1.57. The molecular weight excluding hydrogens is 220 g/mol. The molecule has 0 spiro atoms. The first-order valence-electron chi connectivity index (χ1n) is 3.69.